The zero-order valence-corrected chi connectivity index (χ0v) is 14.8. The van der Waals surface area contributed by atoms with E-state index in [0.717, 1.165) is 45.2 Å². The molecule has 4 rings (SSSR count). The second-order valence-corrected chi connectivity index (χ2v) is 7.89. The zero-order valence-electron chi connectivity index (χ0n) is 14.8. The van der Waals surface area contributed by atoms with Gasteiger partial charge in [-0.05, 0) is 44.2 Å². The lowest BCUT2D eigenvalue weighted by atomic mass is 9.78. The van der Waals surface area contributed by atoms with Crippen LogP contribution in [0.4, 0.5) is 0 Å². The van der Waals surface area contributed by atoms with E-state index in [1.165, 1.54) is 19.3 Å². The van der Waals surface area contributed by atoms with Crippen LogP contribution < -0.4 is 0 Å². The topological polar surface area (TPSA) is 53.5 Å². The Morgan fingerprint density at radius 2 is 1.96 bits per heavy atom. The molecular weight excluding hydrogens is 314 g/mol. The SMILES string of the molecule is O=C(c1cccnc1)N1CCCC2(CCN(C3CCCCC3)C2=O)C1. The van der Waals surface area contributed by atoms with E-state index in [4.69, 9.17) is 0 Å². The monoisotopic (exact) mass is 341 g/mol. The molecule has 1 unspecified atom stereocenters. The molecule has 2 aliphatic heterocycles. The van der Waals surface area contributed by atoms with Crippen molar-refractivity contribution in [2.75, 3.05) is 19.6 Å². The van der Waals surface area contributed by atoms with Crippen molar-refractivity contribution in [3.05, 3.63) is 30.1 Å². The number of carbonyl (C=O) groups is 2. The minimum atomic E-state index is -0.340. The highest BCUT2D eigenvalue weighted by atomic mass is 16.2. The standard InChI is InChI=1S/C20H27N3O2/c24-18(16-6-4-11-21-14-16)22-12-5-9-20(15-22)10-13-23(19(20)25)17-7-2-1-3-8-17/h4,6,11,14,17H,1-3,5,7-10,12-13,15H2. The van der Waals surface area contributed by atoms with Gasteiger partial charge >= 0.3 is 0 Å². The van der Waals surface area contributed by atoms with E-state index in [1.807, 2.05) is 4.90 Å². The number of rotatable bonds is 2. The number of hydrogen-bond donors (Lipinski definition) is 0. The highest BCUT2D eigenvalue weighted by Gasteiger charge is 2.51. The highest BCUT2D eigenvalue weighted by Crippen LogP contribution is 2.42. The summed E-state index contributed by atoms with van der Waals surface area (Å²) in [6.45, 7) is 2.19. The van der Waals surface area contributed by atoms with Gasteiger partial charge in [0.1, 0.15) is 0 Å². The van der Waals surface area contributed by atoms with E-state index in [-0.39, 0.29) is 11.3 Å². The summed E-state index contributed by atoms with van der Waals surface area (Å²) in [5.74, 6) is 0.319. The lowest BCUT2D eigenvalue weighted by molar-refractivity contribution is -0.140. The van der Waals surface area contributed by atoms with Crippen LogP contribution in [0.3, 0.4) is 0 Å². The third-order valence-corrected chi connectivity index (χ3v) is 6.33. The number of piperidine rings is 1. The van der Waals surface area contributed by atoms with Crippen molar-refractivity contribution in [2.24, 2.45) is 5.41 Å². The normalized spacial score (nSPS) is 27.9. The number of likely N-dealkylation sites (tertiary alicyclic amines) is 2. The number of pyridine rings is 1. The molecule has 134 valence electrons. The fourth-order valence-corrected chi connectivity index (χ4v) is 4.94. The summed E-state index contributed by atoms with van der Waals surface area (Å²) in [7, 11) is 0. The molecule has 2 saturated heterocycles. The fraction of sp³-hybridized carbons (Fsp3) is 0.650. The first-order valence-electron chi connectivity index (χ1n) is 9.70. The van der Waals surface area contributed by atoms with Crippen LogP contribution in [0.2, 0.25) is 0 Å². The van der Waals surface area contributed by atoms with E-state index < -0.39 is 0 Å². The molecule has 0 N–H and O–H groups in total. The molecule has 1 saturated carbocycles. The second kappa shape index (κ2) is 6.77. The van der Waals surface area contributed by atoms with Crippen molar-refractivity contribution in [3.63, 3.8) is 0 Å². The number of carbonyl (C=O) groups excluding carboxylic acids is 2. The van der Waals surface area contributed by atoms with Crippen molar-refractivity contribution >= 4 is 11.8 Å². The lowest BCUT2D eigenvalue weighted by Crippen LogP contribution is -2.51. The van der Waals surface area contributed by atoms with Gasteiger partial charge in [0.25, 0.3) is 5.91 Å². The molecule has 0 bridgehead atoms. The molecular formula is C20H27N3O2. The van der Waals surface area contributed by atoms with Gasteiger partial charge in [0, 0.05) is 38.1 Å². The number of nitrogens with zero attached hydrogens (tertiary/aromatic N) is 3. The molecule has 3 heterocycles. The third kappa shape index (κ3) is 3.05. The summed E-state index contributed by atoms with van der Waals surface area (Å²) in [6.07, 6.45) is 12.1. The average molecular weight is 341 g/mol. The summed E-state index contributed by atoms with van der Waals surface area (Å²) in [6, 6.07) is 4.03. The minimum absolute atomic E-state index is 0.0103. The molecule has 5 nitrogen and oxygen atoms in total. The smallest absolute Gasteiger partial charge is 0.255 e. The van der Waals surface area contributed by atoms with Gasteiger partial charge in [-0.1, -0.05) is 19.3 Å². The van der Waals surface area contributed by atoms with Crippen LogP contribution in [0, 0.1) is 5.41 Å². The molecule has 1 aliphatic carbocycles. The van der Waals surface area contributed by atoms with Gasteiger partial charge in [0.2, 0.25) is 5.91 Å². The van der Waals surface area contributed by atoms with Crippen molar-refractivity contribution in [2.45, 2.75) is 57.4 Å². The quantitative estimate of drug-likeness (QED) is 0.831. The van der Waals surface area contributed by atoms with Gasteiger partial charge in [0.05, 0.1) is 11.0 Å². The molecule has 25 heavy (non-hydrogen) atoms. The summed E-state index contributed by atoms with van der Waals surface area (Å²) in [4.78, 5) is 34.1. The number of amides is 2. The highest BCUT2D eigenvalue weighted by molar-refractivity contribution is 5.95. The zero-order chi connectivity index (χ0) is 17.3. The maximum atomic E-state index is 13.3. The van der Waals surface area contributed by atoms with E-state index in [2.05, 4.69) is 9.88 Å². The Balaban J connectivity index is 1.48. The second-order valence-electron chi connectivity index (χ2n) is 7.89. The summed E-state index contributed by atoms with van der Waals surface area (Å²) in [5, 5.41) is 0. The van der Waals surface area contributed by atoms with Gasteiger partial charge in [-0.25, -0.2) is 0 Å². The van der Waals surface area contributed by atoms with Gasteiger partial charge in [-0.2, -0.15) is 0 Å². The molecule has 3 fully saturated rings. The molecule has 3 aliphatic rings. The van der Waals surface area contributed by atoms with E-state index in [1.54, 1.807) is 24.5 Å². The van der Waals surface area contributed by atoms with E-state index in [0.29, 0.717) is 24.1 Å². The van der Waals surface area contributed by atoms with Gasteiger partial charge in [-0.15, -0.1) is 0 Å². The Bertz CT molecular complexity index is 642. The lowest BCUT2D eigenvalue weighted by Gasteiger charge is -2.40. The van der Waals surface area contributed by atoms with Crippen molar-refractivity contribution < 1.29 is 9.59 Å². The van der Waals surface area contributed by atoms with Gasteiger partial charge in [0.15, 0.2) is 0 Å². The maximum Gasteiger partial charge on any atom is 0.255 e. The summed E-state index contributed by atoms with van der Waals surface area (Å²) < 4.78 is 0. The van der Waals surface area contributed by atoms with Crippen LogP contribution in [-0.2, 0) is 4.79 Å². The Hall–Kier alpha value is -1.91. The van der Waals surface area contributed by atoms with Crippen molar-refractivity contribution in [3.8, 4) is 0 Å². The van der Waals surface area contributed by atoms with Gasteiger partial charge in [-0.3, -0.25) is 14.6 Å². The third-order valence-electron chi connectivity index (χ3n) is 6.33. The molecule has 1 aromatic rings. The fourth-order valence-electron chi connectivity index (χ4n) is 4.94. The number of aromatic nitrogens is 1. The molecule has 1 aromatic heterocycles. The Morgan fingerprint density at radius 3 is 2.72 bits per heavy atom. The summed E-state index contributed by atoms with van der Waals surface area (Å²) >= 11 is 0. The van der Waals surface area contributed by atoms with Crippen molar-refractivity contribution in [1.82, 2.24) is 14.8 Å². The van der Waals surface area contributed by atoms with Crippen LogP contribution in [0.1, 0.15) is 61.7 Å². The van der Waals surface area contributed by atoms with Crippen LogP contribution in [0.25, 0.3) is 0 Å². The first-order chi connectivity index (χ1) is 12.2. The predicted molar refractivity (Wildman–Crippen MR) is 95.0 cm³/mol. The molecule has 0 radical (unpaired) electrons. The van der Waals surface area contributed by atoms with Crippen LogP contribution in [0.15, 0.2) is 24.5 Å². The molecule has 5 heteroatoms. The largest absolute Gasteiger partial charge is 0.339 e. The molecule has 0 aromatic carbocycles. The van der Waals surface area contributed by atoms with E-state index in [9.17, 15) is 9.59 Å². The summed E-state index contributed by atoms with van der Waals surface area (Å²) in [5.41, 5.74) is 0.280. The first kappa shape index (κ1) is 16.6. The molecule has 1 atom stereocenters. The maximum absolute atomic E-state index is 13.3. The van der Waals surface area contributed by atoms with E-state index >= 15 is 0 Å². The van der Waals surface area contributed by atoms with Crippen LogP contribution in [0.5, 0.6) is 0 Å². The first-order valence-corrected chi connectivity index (χ1v) is 9.70. The Morgan fingerprint density at radius 1 is 1.12 bits per heavy atom. The van der Waals surface area contributed by atoms with Crippen LogP contribution >= 0.6 is 0 Å². The predicted octanol–water partition coefficient (Wildman–Crippen LogP) is 2.87. The van der Waals surface area contributed by atoms with Crippen LogP contribution in [-0.4, -0.2) is 52.3 Å². The van der Waals surface area contributed by atoms with Gasteiger partial charge < -0.3 is 9.80 Å². The molecule has 1 spiro atoms. The number of hydrogen-bond acceptors (Lipinski definition) is 3. The average Bonchev–Trinajstić information content (AvgIpc) is 2.98. The van der Waals surface area contributed by atoms with Crippen molar-refractivity contribution in [1.29, 1.82) is 0 Å². The Labute approximate surface area is 149 Å². The molecule has 2 amide bonds. The Kier molecular flexibility index (Phi) is 4.48. The minimum Gasteiger partial charge on any atom is -0.339 e.